The van der Waals surface area contributed by atoms with Gasteiger partial charge in [0.15, 0.2) is 5.76 Å². The number of fused-ring (bicyclic) bond motifs is 1. The van der Waals surface area contributed by atoms with E-state index in [2.05, 4.69) is 5.32 Å². The summed E-state index contributed by atoms with van der Waals surface area (Å²) in [5, 5.41) is 4.85. The SMILES string of the molecule is O=C(N[C@@H](Cc1ccccc1)C(=O)OCc1cccc2ccccc12)c1ccco1. The Bertz CT molecular complexity index is 1130. The first-order valence-corrected chi connectivity index (χ1v) is 9.72. The number of amides is 1. The first-order valence-electron chi connectivity index (χ1n) is 9.72. The molecule has 0 fully saturated rings. The normalized spacial score (nSPS) is 11.7. The molecule has 30 heavy (non-hydrogen) atoms. The van der Waals surface area contributed by atoms with Gasteiger partial charge in [-0.1, -0.05) is 72.8 Å². The van der Waals surface area contributed by atoms with Gasteiger partial charge in [0, 0.05) is 6.42 Å². The van der Waals surface area contributed by atoms with Crippen LogP contribution in [-0.4, -0.2) is 17.9 Å². The van der Waals surface area contributed by atoms with E-state index in [1.807, 2.05) is 72.8 Å². The predicted octanol–water partition coefficient (Wildman–Crippen LogP) is 4.52. The fourth-order valence-electron chi connectivity index (χ4n) is 3.35. The zero-order chi connectivity index (χ0) is 20.8. The Hall–Kier alpha value is -3.86. The van der Waals surface area contributed by atoms with Crippen molar-refractivity contribution >= 4 is 22.6 Å². The molecule has 3 aromatic carbocycles. The fourth-order valence-corrected chi connectivity index (χ4v) is 3.35. The molecule has 1 atom stereocenters. The minimum atomic E-state index is -0.833. The Morgan fingerprint density at radius 1 is 0.867 bits per heavy atom. The number of furan rings is 1. The monoisotopic (exact) mass is 399 g/mol. The van der Waals surface area contributed by atoms with Crippen LogP contribution in [0.2, 0.25) is 0 Å². The Morgan fingerprint density at radius 2 is 1.63 bits per heavy atom. The Labute approximate surface area is 174 Å². The van der Waals surface area contributed by atoms with Gasteiger partial charge in [0.2, 0.25) is 0 Å². The van der Waals surface area contributed by atoms with Crippen molar-refractivity contribution in [3.8, 4) is 0 Å². The van der Waals surface area contributed by atoms with Crippen LogP contribution in [-0.2, 0) is 22.6 Å². The van der Waals surface area contributed by atoms with Crippen LogP contribution in [0, 0.1) is 0 Å². The van der Waals surface area contributed by atoms with E-state index in [0.717, 1.165) is 21.9 Å². The number of hydrogen-bond acceptors (Lipinski definition) is 4. The van der Waals surface area contributed by atoms with Gasteiger partial charge < -0.3 is 14.5 Å². The molecular weight excluding hydrogens is 378 g/mol. The van der Waals surface area contributed by atoms with Gasteiger partial charge in [-0.25, -0.2) is 4.79 Å². The zero-order valence-corrected chi connectivity index (χ0v) is 16.3. The van der Waals surface area contributed by atoms with Crippen LogP contribution in [0.5, 0.6) is 0 Å². The van der Waals surface area contributed by atoms with E-state index in [4.69, 9.17) is 9.15 Å². The molecule has 0 aliphatic heterocycles. The molecule has 0 radical (unpaired) electrons. The van der Waals surface area contributed by atoms with Crippen LogP contribution in [0.25, 0.3) is 10.8 Å². The van der Waals surface area contributed by atoms with Crippen LogP contribution in [0.4, 0.5) is 0 Å². The highest BCUT2D eigenvalue weighted by Crippen LogP contribution is 2.19. The van der Waals surface area contributed by atoms with E-state index < -0.39 is 17.9 Å². The number of benzene rings is 3. The predicted molar refractivity (Wildman–Crippen MR) is 114 cm³/mol. The molecule has 4 rings (SSSR count). The van der Waals surface area contributed by atoms with Gasteiger partial charge in [0.25, 0.3) is 5.91 Å². The van der Waals surface area contributed by atoms with E-state index in [1.165, 1.54) is 6.26 Å². The molecule has 0 saturated carbocycles. The largest absolute Gasteiger partial charge is 0.459 e. The summed E-state index contributed by atoms with van der Waals surface area (Å²) < 4.78 is 10.7. The summed E-state index contributed by atoms with van der Waals surface area (Å²) >= 11 is 0. The van der Waals surface area contributed by atoms with Crippen molar-refractivity contribution < 1.29 is 18.7 Å². The third-order valence-corrected chi connectivity index (χ3v) is 4.87. The summed E-state index contributed by atoms with van der Waals surface area (Å²) in [4.78, 5) is 25.3. The summed E-state index contributed by atoms with van der Waals surface area (Å²) in [7, 11) is 0. The molecule has 0 aliphatic carbocycles. The number of rotatable bonds is 7. The third-order valence-electron chi connectivity index (χ3n) is 4.87. The molecule has 1 amide bonds. The Morgan fingerprint density at radius 3 is 2.43 bits per heavy atom. The highest BCUT2D eigenvalue weighted by Gasteiger charge is 2.24. The van der Waals surface area contributed by atoms with E-state index >= 15 is 0 Å². The van der Waals surface area contributed by atoms with Crippen LogP contribution in [0.1, 0.15) is 21.7 Å². The highest BCUT2D eigenvalue weighted by atomic mass is 16.5. The minimum Gasteiger partial charge on any atom is -0.459 e. The van der Waals surface area contributed by atoms with Gasteiger partial charge in [0.1, 0.15) is 12.6 Å². The van der Waals surface area contributed by atoms with Crippen LogP contribution < -0.4 is 5.32 Å². The molecule has 150 valence electrons. The van der Waals surface area contributed by atoms with Crippen molar-refractivity contribution in [1.82, 2.24) is 5.32 Å². The first kappa shape index (κ1) is 19.5. The second kappa shape index (κ2) is 9.09. The van der Waals surface area contributed by atoms with Gasteiger partial charge in [-0.15, -0.1) is 0 Å². The maximum Gasteiger partial charge on any atom is 0.329 e. The van der Waals surface area contributed by atoms with E-state index in [0.29, 0.717) is 6.42 Å². The molecule has 4 aromatic rings. The number of hydrogen-bond donors (Lipinski definition) is 1. The first-order chi connectivity index (χ1) is 14.7. The van der Waals surface area contributed by atoms with Crippen molar-refractivity contribution in [2.45, 2.75) is 19.1 Å². The summed E-state index contributed by atoms with van der Waals surface area (Å²) in [6.07, 6.45) is 1.74. The molecule has 0 bridgehead atoms. The van der Waals surface area contributed by atoms with Crippen LogP contribution >= 0.6 is 0 Å². The van der Waals surface area contributed by atoms with Gasteiger partial charge >= 0.3 is 5.97 Å². The third kappa shape index (κ3) is 4.58. The summed E-state index contributed by atoms with van der Waals surface area (Å²) in [5.74, 6) is -0.801. The average molecular weight is 399 g/mol. The molecule has 5 nitrogen and oxygen atoms in total. The molecule has 0 unspecified atom stereocenters. The van der Waals surface area contributed by atoms with Gasteiger partial charge in [-0.3, -0.25) is 4.79 Å². The summed E-state index contributed by atoms with van der Waals surface area (Å²) in [6, 6.07) is 25.7. The van der Waals surface area contributed by atoms with Crippen molar-refractivity contribution in [2.24, 2.45) is 0 Å². The Balaban J connectivity index is 1.50. The van der Waals surface area contributed by atoms with E-state index in [9.17, 15) is 9.59 Å². The summed E-state index contributed by atoms with van der Waals surface area (Å²) in [6.45, 7) is 0.127. The standard InChI is InChI=1S/C25H21NO4/c27-24(23-14-7-15-29-23)26-22(16-18-8-2-1-3-9-18)25(28)30-17-20-12-6-11-19-10-4-5-13-21(19)20/h1-15,22H,16-17H2,(H,26,27)/t22-/m0/s1. The number of carbonyl (C=O) groups is 2. The lowest BCUT2D eigenvalue weighted by Gasteiger charge is -2.18. The molecular formula is C25H21NO4. The van der Waals surface area contributed by atoms with Crippen LogP contribution in [0.15, 0.2) is 95.6 Å². The molecule has 0 spiro atoms. The molecule has 0 aliphatic rings. The molecule has 5 heteroatoms. The van der Waals surface area contributed by atoms with Gasteiger partial charge in [0.05, 0.1) is 6.26 Å². The second-order valence-electron chi connectivity index (χ2n) is 6.94. The van der Waals surface area contributed by atoms with Crippen molar-refractivity contribution in [2.75, 3.05) is 0 Å². The fraction of sp³-hybridized carbons (Fsp3) is 0.120. The molecule has 1 heterocycles. The molecule has 1 aromatic heterocycles. The lowest BCUT2D eigenvalue weighted by molar-refractivity contribution is -0.147. The molecule has 0 saturated heterocycles. The topological polar surface area (TPSA) is 68.5 Å². The number of esters is 1. The van der Waals surface area contributed by atoms with Crippen molar-refractivity contribution in [3.05, 3.63) is 108 Å². The minimum absolute atomic E-state index is 0.127. The number of nitrogens with one attached hydrogen (secondary N) is 1. The highest BCUT2D eigenvalue weighted by molar-refractivity contribution is 5.94. The lowest BCUT2D eigenvalue weighted by atomic mass is 10.0. The van der Waals surface area contributed by atoms with Gasteiger partial charge in [-0.2, -0.15) is 0 Å². The van der Waals surface area contributed by atoms with Gasteiger partial charge in [-0.05, 0) is 34.0 Å². The number of carbonyl (C=O) groups excluding carboxylic acids is 2. The van der Waals surface area contributed by atoms with E-state index in [1.54, 1.807) is 12.1 Å². The average Bonchev–Trinajstić information content (AvgIpc) is 3.33. The van der Waals surface area contributed by atoms with Crippen LogP contribution in [0.3, 0.4) is 0 Å². The smallest absolute Gasteiger partial charge is 0.329 e. The lowest BCUT2D eigenvalue weighted by Crippen LogP contribution is -2.43. The maximum atomic E-state index is 12.9. The Kier molecular flexibility index (Phi) is 5.90. The van der Waals surface area contributed by atoms with Crippen molar-refractivity contribution in [3.63, 3.8) is 0 Å². The zero-order valence-electron chi connectivity index (χ0n) is 16.3. The van der Waals surface area contributed by atoms with E-state index in [-0.39, 0.29) is 12.4 Å². The summed E-state index contributed by atoms with van der Waals surface area (Å²) in [5.41, 5.74) is 1.83. The number of ether oxygens (including phenoxy) is 1. The molecule has 1 N–H and O–H groups in total. The maximum absolute atomic E-state index is 12.9. The van der Waals surface area contributed by atoms with Crippen molar-refractivity contribution in [1.29, 1.82) is 0 Å². The second-order valence-corrected chi connectivity index (χ2v) is 6.94. The quantitative estimate of drug-likeness (QED) is 0.464.